The zero-order chi connectivity index (χ0) is 39.3. The first kappa shape index (κ1) is 40.0. The molecule has 5 rings (SSSR count). The number of rotatable bonds is 3. The summed E-state index contributed by atoms with van der Waals surface area (Å²) in [5.41, 5.74) is 10.0. The van der Waals surface area contributed by atoms with Crippen LogP contribution in [-0.4, -0.2) is 21.9 Å². The highest BCUT2D eigenvalue weighted by Crippen LogP contribution is 2.42. The van der Waals surface area contributed by atoms with Gasteiger partial charge in [-0.05, 0) is 89.4 Å². The van der Waals surface area contributed by atoms with Gasteiger partial charge in [-0.3, -0.25) is 0 Å². The van der Waals surface area contributed by atoms with Gasteiger partial charge >= 0.3 is 0 Å². The number of hydrogen-bond donors (Lipinski definition) is 3. The first-order valence-electron chi connectivity index (χ1n) is 19.0. The van der Waals surface area contributed by atoms with Crippen LogP contribution in [0.3, 0.4) is 0 Å². The SMILES string of the molecule is C=CCOc1c2cc(C(C)(C)C)cc1Cc1cc(C(C)(C)C)cc(c1O)Cc1cc(C(C)(C)C)cc(c1O)COCc1cc(C(C)(C)C)cc(c1O)C2. The summed E-state index contributed by atoms with van der Waals surface area (Å²) in [6.45, 7) is 30.7. The number of aromatic hydroxyl groups is 3. The summed E-state index contributed by atoms with van der Waals surface area (Å²) in [6.07, 6.45) is 2.96. The Labute approximate surface area is 318 Å². The standard InChI is InChI=1S/C48H62O5/c1-14-15-53-44-33-17-31-21-37(45(2,3)4)19-29(41(31)49)16-30-20-38(46(5,6)7)25-35(42(30)50)27-52-28-36-26-39(47(8,9)10)22-32(43(36)51)18-34(44)24-40(23-33)48(11,12)13/h14,19-26,49-51H,1,15-18,27-28H2,2-13H3. The maximum atomic E-state index is 12.1. The molecule has 0 aromatic heterocycles. The van der Waals surface area contributed by atoms with Crippen molar-refractivity contribution < 1.29 is 24.8 Å². The minimum absolute atomic E-state index is 0.160. The van der Waals surface area contributed by atoms with Crippen molar-refractivity contribution in [1.82, 2.24) is 0 Å². The van der Waals surface area contributed by atoms with Crippen LogP contribution in [0.5, 0.6) is 23.0 Å². The summed E-state index contributed by atoms with van der Waals surface area (Å²) in [6, 6.07) is 16.9. The Morgan fingerprint density at radius 1 is 0.491 bits per heavy atom. The Morgan fingerprint density at radius 3 is 1.06 bits per heavy atom. The molecule has 1 heterocycles. The highest BCUT2D eigenvalue weighted by molar-refractivity contribution is 5.57. The van der Waals surface area contributed by atoms with Crippen molar-refractivity contribution in [3.8, 4) is 23.0 Å². The van der Waals surface area contributed by atoms with Gasteiger partial charge in [0.2, 0.25) is 0 Å². The molecule has 0 atom stereocenters. The summed E-state index contributed by atoms with van der Waals surface area (Å²) in [4.78, 5) is 0. The predicted molar refractivity (Wildman–Crippen MR) is 218 cm³/mol. The van der Waals surface area contributed by atoms with E-state index < -0.39 is 0 Å². The number of phenols is 3. The molecular formula is C48H62O5. The first-order valence-corrected chi connectivity index (χ1v) is 19.0. The molecule has 5 heteroatoms. The number of fused-ring (bicyclic) bond motifs is 8. The van der Waals surface area contributed by atoms with E-state index in [-0.39, 0.29) is 52.1 Å². The van der Waals surface area contributed by atoms with E-state index in [1.165, 1.54) is 0 Å². The van der Waals surface area contributed by atoms with Gasteiger partial charge in [0, 0.05) is 30.4 Å². The van der Waals surface area contributed by atoms with Crippen molar-refractivity contribution in [2.75, 3.05) is 6.61 Å². The lowest BCUT2D eigenvalue weighted by Crippen LogP contribution is -2.16. The van der Waals surface area contributed by atoms with E-state index >= 15 is 0 Å². The van der Waals surface area contributed by atoms with Crippen LogP contribution in [0.4, 0.5) is 0 Å². The Bertz CT molecular complexity index is 2000. The Kier molecular flexibility index (Phi) is 11.0. The third-order valence-electron chi connectivity index (χ3n) is 10.5. The summed E-state index contributed by atoms with van der Waals surface area (Å²) in [5.74, 6) is 1.32. The van der Waals surface area contributed by atoms with Crippen molar-refractivity contribution >= 4 is 0 Å². The first-order chi connectivity index (χ1) is 24.5. The monoisotopic (exact) mass is 718 g/mol. The zero-order valence-electron chi connectivity index (χ0n) is 34.3. The molecule has 0 spiro atoms. The van der Waals surface area contributed by atoms with Gasteiger partial charge in [-0.15, -0.1) is 0 Å². The lowest BCUT2D eigenvalue weighted by Gasteiger charge is -2.27. The van der Waals surface area contributed by atoms with Gasteiger partial charge in [-0.25, -0.2) is 0 Å². The minimum atomic E-state index is -0.198. The predicted octanol–water partition coefficient (Wildman–Crippen LogP) is 11.4. The van der Waals surface area contributed by atoms with Gasteiger partial charge in [0.15, 0.2) is 0 Å². The lowest BCUT2D eigenvalue weighted by molar-refractivity contribution is 0.103. The Morgan fingerprint density at radius 2 is 0.755 bits per heavy atom. The molecular weight excluding hydrogens is 657 g/mol. The van der Waals surface area contributed by atoms with Crippen LogP contribution < -0.4 is 4.74 Å². The van der Waals surface area contributed by atoms with Gasteiger partial charge in [0.25, 0.3) is 0 Å². The van der Waals surface area contributed by atoms with Crippen molar-refractivity contribution in [3.63, 3.8) is 0 Å². The van der Waals surface area contributed by atoms with E-state index in [1.54, 1.807) is 6.08 Å². The molecule has 0 radical (unpaired) electrons. The lowest BCUT2D eigenvalue weighted by atomic mass is 9.80. The second-order valence-electron chi connectivity index (χ2n) is 19.2. The molecule has 0 saturated heterocycles. The van der Waals surface area contributed by atoms with Crippen molar-refractivity contribution in [3.05, 3.63) is 128 Å². The third kappa shape index (κ3) is 8.95. The molecule has 4 aromatic carbocycles. The van der Waals surface area contributed by atoms with Crippen LogP contribution in [0.1, 0.15) is 150 Å². The summed E-state index contributed by atoms with van der Waals surface area (Å²) >= 11 is 0. The molecule has 0 saturated carbocycles. The minimum Gasteiger partial charge on any atom is -0.507 e. The van der Waals surface area contributed by atoms with Crippen LogP contribution in [-0.2, 0) is 58.9 Å². The number of hydrogen-bond acceptors (Lipinski definition) is 5. The number of phenolic OH excluding ortho intramolecular Hbond substituents is 3. The van der Waals surface area contributed by atoms with E-state index in [1.807, 2.05) is 12.1 Å². The maximum absolute atomic E-state index is 12.1. The fourth-order valence-corrected chi connectivity index (χ4v) is 7.00. The zero-order valence-corrected chi connectivity index (χ0v) is 34.3. The molecule has 3 N–H and O–H groups in total. The summed E-state index contributed by atoms with van der Waals surface area (Å²) in [7, 11) is 0. The summed E-state index contributed by atoms with van der Waals surface area (Å²) in [5, 5.41) is 35.9. The molecule has 1 aliphatic heterocycles. The van der Waals surface area contributed by atoms with Gasteiger partial charge in [0.05, 0.1) is 13.2 Å². The molecule has 0 amide bonds. The van der Waals surface area contributed by atoms with E-state index in [9.17, 15) is 15.3 Å². The third-order valence-corrected chi connectivity index (χ3v) is 10.5. The molecule has 8 bridgehead atoms. The normalized spacial score (nSPS) is 14.3. The molecule has 1 aliphatic rings. The average molecular weight is 719 g/mol. The molecule has 53 heavy (non-hydrogen) atoms. The highest BCUT2D eigenvalue weighted by atomic mass is 16.5. The second-order valence-corrected chi connectivity index (χ2v) is 19.2. The molecule has 4 aromatic rings. The van der Waals surface area contributed by atoms with E-state index in [0.29, 0.717) is 37.0 Å². The van der Waals surface area contributed by atoms with Gasteiger partial charge < -0.3 is 24.8 Å². The van der Waals surface area contributed by atoms with Gasteiger partial charge in [-0.2, -0.15) is 0 Å². The molecule has 0 aliphatic carbocycles. The fourth-order valence-electron chi connectivity index (χ4n) is 7.00. The van der Waals surface area contributed by atoms with Crippen molar-refractivity contribution in [2.45, 2.75) is 137 Å². The maximum Gasteiger partial charge on any atom is 0.126 e. The van der Waals surface area contributed by atoms with E-state index in [4.69, 9.17) is 9.47 Å². The van der Waals surface area contributed by atoms with E-state index in [0.717, 1.165) is 61.4 Å². The fraction of sp³-hybridized carbons (Fsp3) is 0.458. The molecule has 0 unspecified atom stereocenters. The van der Waals surface area contributed by atoms with Gasteiger partial charge in [0.1, 0.15) is 29.6 Å². The largest absolute Gasteiger partial charge is 0.507 e. The van der Waals surface area contributed by atoms with Gasteiger partial charge in [-0.1, -0.05) is 132 Å². The average Bonchev–Trinajstić information content (AvgIpc) is 3.03. The van der Waals surface area contributed by atoms with Crippen LogP contribution in [0.15, 0.2) is 61.2 Å². The quantitative estimate of drug-likeness (QED) is 0.184. The Hall–Kier alpha value is -4.22. The number of ether oxygens (including phenoxy) is 2. The highest BCUT2D eigenvalue weighted by Gasteiger charge is 2.27. The topological polar surface area (TPSA) is 79.2 Å². The molecule has 5 nitrogen and oxygen atoms in total. The van der Waals surface area contributed by atoms with E-state index in [2.05, 4.69) is 126 Å². The molecule has 0 fully saturated rings. The Balaban J connectivity index is 1.87. The number of benzene rings is 4. The molecule has 284 valence electrons. The van der Waals surface area contributed by atoms with Crippen LogP contribution in [0.2, 0.25) is 0 Å². The summed E-state index contributed by atoms with van der Waals surface area (Å²) < 4.78 is 12.9. The second kappa shape index (κ2) is 14.5. The van der Waals surface area contributed by atoms with Crippen LogP contribution >= 0.6 is 0 Å². The smallest absolute Gasteiger partial charge is 0.126 e. The van der Waals surface area contributed by atoms with Crippen LogP contribution in [0, 0.1) is 0 Å². The van der Waals surface area contributed by atoms with Crippen molar-refractivity contribution in [1.29, 1.82) is 0 Å². The van der Waals surface area contributed by atoms with Crippen LogP contribution in [0.25, 0.3) is 0 Å². The van der Waals surface area contributed by atoms with Crippen molar-refractivity contribution in [2.24, 2.45) is 0 Å².